The van der Waals surface area contributed by atoms with Crippen LogP contribution in [0.5, 0.6) is 5.75 Å². The Kier molecular flexibility index (Phi) is 7.46. The van der Waals surface area contributed by atoms with Gasteiger partial charge in [0, 0.05) is 7.11 Å². The summed E-state index contributed by atoms with van der Waals surface area (Å²) >= 11 is 0. The van der Waals surface area contributed by atoms with Gasteiger partial charge in [0.2, 0.25) is 0 Å². The number of methoxy groups -OCH3 is 1. The van der Waals surface area contributed by atoms with Gasteiger partial charge in [-0.25, -0.2) is 4.79 Å². The highest BCUT2D eigenvalue weighted by Gasteiger charge is 2.15. The van der Waals surface area contributed by atoms with Crippen molar-refractivity contribution in [3.05, 3.63) is 23.8 Å². The van der Waals surface area contributed by atoms with Crippen molar-refractivity contribution >= 4 is 11.7 Å². The van der Waals surface area contributed by atoms with Crippen LogP contribution in [0.15, 0.2) is 18.2 Å². The van der Waals surface area contributed by atoms with Crippen LogP contribution in [-0.4, -0.2) is 46.1 Å². The average Bonchev–Trinajstić information content (AvgIpc) is 2.44. The Morgan fingerprint density at radius 1 is 1.20 bits per heavy atom. The summed E-state index contributed by atoms with van der Waals surface area (Å²) in [6, 6.07) is 4.98. The highest BCUT2D eigenvalue weighted by Crippen LogP contribution is 2.27. The minimum Gasteiger partial charge on any atom is -0.488 e. The first kappa shape index (κ1) is 16.3. The number of ether oxygens (including phenoxy) is 4. The summed E-state index contributed by atoms with van der Waals surface area (Å²) in [5, 5.41) is 0. The number of anilines is 1. The number of carbonyl (C=O) groups is 1. The molecule has 1 aromatic carbocycles. The molecule has 0 saturated carbocycles. The molecule has 0 fully saturated rings. The number of nitrogens with two attached hydrogens (primary N) is 1. The van der Waals surface area contributed by atoms with Crippen LogP contribution in [0.4, 0.5) is 5.69 Å². The molecular weight excluding hydrogens is 262 g/mol. The number of para-hydroxylation sites is 1. The lowest BCUT2D eigenvalue weighted by molar-refractivity contribution is 0.0493. The van der Waals surface area contributed by atoms with E-state index >= 15 is 0 Å². The summed E-state index contributed by atoms with van der Waals surface area (Å²) in [7, 11) is 1.61. The van der Waals surface area contributed by atoms with E-state index in [1.54, 1.807) is 32.2 Å². The topological polar surface area (TPSA) is 80.0 Å². The molecule has 0 bridgehead atoms. The molecule has 6 nitrogen and oxygen atoms in total. The van der Waals surface area contributed by atoms with Gasteiger partial charge in [-0.05, 0) is 19.1 Å². The quantitative estimate of drug-likeness (QED) is 0.420. The zero-order chi connectivity index (χ0) is 14.8. The van der Waals surface area contributed by atoms with Crippen LogP contribution in [-0.2, 0) is 14.2 Å². The van der Waals surface area contributed by atoms with E-state index in [2.05, 4.69) is 0 Å². The van der Waals surface area contributed by atoms with Crippen LogP contribution in [0.25, 0.3) is 0 Å². The van der Waals surface area contributed by atoms with Gasteiger partial charge in [-0.15, -0.1) is 0 Å². The lowest BCUT2D eigenvalue weighted by atomic mass is 10.2. The zero-order valence-corrected chi connectivity index (χ0v) is 11.9. The molecule has 2 N–H and O–H groups in total. The lowest BCUT2D eigenvalue weighted by Crippen LogP contribution is -2.14. The highest BCUT2D eigenvalue weighted by atomic mass is 16.5. The number of hydrogen-bond donors (Lipinski definition) is 1. The maximum absolute atomic E-state index is 11.8. The minimum atomic E-state index is -0.449. The molecule has 0 aromatic heterocycles. The first-order valence-electron chi connectivity index (χ1n) is 6.45. The van der Waals surface area contributed by atoms with Gasteiger partial charge < -0.3 is 24.7 Å². The van der Waals surface area contributed by atoms with E-state index in [1.165, 1.54) is 0 Å². The summed E-state index contributed by atoms with van der Waals surface area (Å²) < 4.78 is 20.6. The van der Waals surface area contributed by atoms with Crippen LogP contribution in [0.2, 0.25) is 0 Å². The molecule has 1 rings (SSSR count). The van der Waals surface area contributed by atoms with Crippen molar-refractivity contribution in [1.82, 2.24) is 0 Å². The predicted molar refractivity (Wildman–Crippen MR) is 75.0 cm³/mol. The normalized spacial score (nSPS) is 10.3. The molecule has 0 amide bonds. The molecule has 20 heavy (non-hydrogen) atoms. The monoisotopic (exact) mass is 283 g/mol. The Hall–Kier alpha value is -1.79. The smallest absolute Gasteiger partial charge is 0.341 e. The van der Waals surface area contributed by atoms with Gasteiger partial charge in [0.15, 0.2) is 5.75 Å². The van der Waals surface area contributed by atoms with Crippen molar-refractivity contribution < 1.29 is 23.7 Å². The third kappa shape index (κ3) is 5.07. The third-order valence-electron chi connectivity index (χ3n) is 2.45. The molecule has 0 spiro atoms. The van der Waals surface area contributed by atoms with Crippen molar-refractivity contribution in [2.24, 2.45) is 0 Å². The molecule has 0 atom stereocenters. The average molecular weight is 283 g/mol. The predicted octanol–water partition coefficient (Wildman–Crippen LogP) is 1.49. The number of benzene rings is 1. The van der Waals surface area contributed by atoms with Crippen molar-refractivity contribution in [3.8, 4) is 5.75 Å². The van der Waals surface area contributed by atoms with Gasteiger partial charge in [-0.3, -0.25) is 0 Å². The molecule has 0 aliphatic heterocycles. The van der Waals surface area contributed by atoms with Crippen LogP contribution >= 0.6 is 0 Å². The van der Waals surface area contributed by atoms with Crippen molar-refractivity contribution in [3.63, 3.8) is 0 Å². The standard InChI is InChI=1S/C14H21NO5/c1-3-19-14(16)11-5-4-6-12(15)13(11)20-10-9-18-8-7-17-2/h4-6H,3,7-10,15H2,1-2H3. The van der Waals surface area contributed by atoms with E-state index in [9.17, 15) is 4.79 Å². The molecule has 0 unspecified atom stereocenters. The summed E-state index contributed by atoms with van der Waals surface area (Å²) in [5.41, 5.74) is 6.54. The lowest BCUT2D eigenvalue weighted by Gasteiger charge is -2.13. The van der Waals surface area contributed by atoms with Crippen molar-refractivity contribution in [2.45, 2.75) is 6.92 Å². The van der Waals surface area contributed by atoms with E-state index in [4.69, 9.17) is 24.7 Å². The molecule has 0 radical (unpaired) electrons. The Morgan fingerprint density at radius 2 is 1.95 bits per heavy atom. The second-order valence-electron chi connectivity index (χ2n) is 3.90. The van der Waals surface area contributed by atoms with Crippen molar-refractivity contribution in [2.75, 3.05) is 45.9 Å². The van der Waals surface area contributed by atoms with E-state index in [0.717, 1.165) is 0 Å². The molecule has 0 saturated heterocycles. The van der Waals surface area contributed by atoms with E-state index in [1.807, 2.05) is 0 Å². The molecule has 6 heteroatoms. The number of carbonyl (C=O) groups excluding carboxylic acids is 1. The molecule has 0 heterocycles. The van der Waals surface area contributed by atoms with Gasteiger partial charge in [-0.1, -0.05) is 6.07 Å². The first-order valence-corrected chi connectivity index (χ1v) is 6.45. The fourth-order valence-electron chi connectivity index (χ4n) is 1.53. The Bertz CT molecular complexity index is 422. The minimum absolute atomic E-state index is 0.296. The van der Waals surface area contributed by atoms with Crippen LogP contribution in [0, 0.1) is 0 Å². The SMILES string of the molecule is CCOC(=O)c1cccc(N)c1OCCOCCOC. The van der Waals surface area contributed by atoms with Gasteiger partial charge in [0.25, 0.3) is 0 Å². The van der Waals surface area contributed by atoms with Crippen LogP contribution < -0.4 is 10.5 Å². The molecule has 1 aromatic rings. The fourth-order valence-corrected chi connectivity index (χ4v) is 1.53. The Morgan fingerprint density at radius 3 is 2.65 bits per heavy atom. The number of nitrogen functional groups attached to an aromatic ring is 1. The van der Waals surface area contributed by atoms with E-state index < -0.39 is 5.97 Å². The number of hydrogen-bond acceptors (Lipinski definition) is 6. The largest absolute Gasteiger partial charge is 0.488 e. The highest BCUT2D eigenvalue weighted by molar-refractivity contribution is 5.94. The number of esters is 1. The molecule has 112 valence electrons. The summed E-state index contributed by atoms with van der Waals surface area (Å²) in [6.07, 6.45) is 0. The molecule has 0 aliphatic carbocycles. The summed E-state index contributed by atoms with van der Waals surface area (Å²) in [6.45, 7) is 3.75. The van der Waals surface area contributed by atoms with E-state index in [0.29, 0.717) is 50.0 Å². The fraction of sp³-hybridized carbons (Fsp3) is 0.500. The first-order chi connectivity index (χ1) is 9.70. The number of rotatable bonds is 9. The second kappa shape index (κ2) is 9.17. The van der Waals surface area contributed by atoms with Crippen molar-refractivity contribution in [1.29, 1.82) is 0 Å². The Balaban J connectivity index is 2.57. The summed E-state index contributed by atoms with van der Waals surface area (Å²) in [4.78, 5) is 11.8. The van der Waals surface area contributed by atoms with Gasteiger partial charge in [0.1, 0.15) is 12.2 Å². The Labute approximate surface area is 118 Å². The maximum atomic E-state index is 11.8. The molecular formula is C14H21NO5. The second-order valence-corrected chi connectivity index (χ2v) is 3.90. The molecule has 0 aliphatic rings. The third-order valence-corrected chi connectivity index (χ3v) is 2.45. The van der Waals surface area contributed by atoms with Gasteiger partial charge in [-0.2, -0.15) is 0 Å². The van der Waals surface area contributed by atoms with Crippen LogP contribution in [0.3, 0.4) is 0 Å². The van der Waals surface area contributed by atoms with Crippen LogP contribution in [0.1, 0.15) is 17.3 Å². The van der Waals surface area contributed by atoms with Gasteiger partial charge in [0.05, 0.1) is 32.1 Å². The van der Waals surface area contributed by atoms with E-state index in [-0.39, 0.29) is 0 Å². The zero-order valence-electron chi connectivity index (χ0n) is 11.9. The maximum Gasteiger partial charge on any atom is 0.341 e. The van der Waals surface area contributed by atoms with Gasteiger partial charge >= 0.3 is 5.97 Å². The summed E-state index contributed by atoms with van der Waals surface area (Å²) in [5.74, 6) is -0.114.